The first-order valence-corrected chi connectivity index (χ1v) is 5.09. The summed E-state index contributed by atoms with van der Waals surface area (Å²) in [5.41, 5.74) is 5.31. The van der Waals surface area contributed by atoms with Crippen molar-refractivity contribution in [2.45, 2.75) is 6.10 Å². The van der Waals surface area contributed by atoms with E-state index < -0.39 is 17.9 Å². The van der Waals surface area contributed by atoms with E-state index in [1.165, 1.54) is 0 Å². The molecule has 2 amide bonds. The number of nitrogens with one attached hydrogen (secondary N) is 1. The Labute approximate surface area is 102 Å². The number of fused-ring (bicyclic) bond motifs is 1. The van der Waals surface area contributed by atoms with Gasteiger partial charge in [-0.25, -0.2) is 0 Å². The maximum absolute atomic E-state index is 11.6. The van der Waals surface area contributed by atoms with Gasteiger partial charge in [0, 0.05) is 0 Å². The Bertz CT molecular complexity index is 514. The van der Waals surface area contributed by atoms with Crippen LogP contribution in [0.5, 0.6) is 11.5 Å². The van der Waals surface area contributed by atoms with Gasteiger partial charge in [-0.1, -0.05) is 6.07 Å². The number of hydrogen-bond acceptors (Lipinski definition) is 5. The second-order valence-corrected chi connectivity index (χ2v) is 3.50. The molecular weight excluding hydrogens is 240 g/mol. The summed E-state index contributed by atoms with van der Waals surface area (Å²) in [4.78, 5) is 32.8. The molecule has 1 aliphatic heterocycles. The molecule has 1 aliphatic rings. The lowest BCUT2D eigenvalue weighted by Gasteiger charge is -2.25. The highest BCUT2D eigenvalue weighted by atomic mass is 16.5. The van der Waals surface area contributed by atoms with Crippen LogP contribution in [0.15, 0.2) is 18.2 Å². The smallest absolute Gasteiger partial charge is 0.275 e. The summed E-state index contributed by atoms with van der Waals surface area (Å²) < 4.78 is 10.3. The number of benzene rings is 1. The van der Waals surface area contributed by atoms with Gasteiger partial charge < -0.3 is 20.5 Å². The van der Waals surface area contributed by atoms with Crippen LogP contribution in [0, 0.1) is 0 Å². The van der Waals surface area contributed by atoms with Crippen molar-refractivity contribution in [3.05, 3.63) is 18.2 Å². The molecule has 0 saturated carbocycles. The minimum Gasteiger partial charge on any atom is -0.484 e. The van der Waals surface area contributed by atoms with Crippen molar-refractivity contribution in [1.29, 1.82) is 0 Å². The van der Waals surface area contributed by atoms with Crippen LogP contribution < -0.4 is 20.5 Å². The number of nitrogens with two attached hydrogens (primary N) is 1. The van der Waals surface area contributed by atoms with E-state index in [4.69, 9.17) is 15.2 Å². The predicted octanol–water partition coefficient (Wildman–Crippen LogP) is -0.551. The third kappa shape index (κ3) is 2.10. The van der Waals surface area contributed by atoms with E-state index >= 15 is 0 Å². The molecule has 1 aromatic carbocycles. The van der Waals surface area contributed by atoms with Crippen LogP contribution in [0.2, 0.25) is 0 Å². The van der Waals surface area contributed by atoms with E-state index in [9.17, 15) is 14.4 Å². The van der Waals surface area contributed by atoms with Gasteiger partial charge in [-0.15, -0.1) is 0 Å². The number of rotatable bonds is 4. The maximum atomic E-state index is 11.6. The minimum atomic E-state index is -1.36. The van der Waals surface area contributed by atoms with E-state index in [1.54, 1.807) is 18.2 Å². The standard InChI is InChI=1S/C11H10N2O5/c12-10(15)9-11(16)13-8-6(17-5-4-14)2-1-3-7(8)18-9/h1-4,9H,5H2,(H2,12,15)(H,13,16). The number of amides is 2. The van der Waals surface area contributed by atoms with Gasteiger partial charge in [-0.05, 0) is 12.1 Å². The number of hydrogen-bond donors (Lipinski definition) is 2. The van der Waals surface area contributed by atoms with Crippen molar-refractivity contribution < 1.29 is 23.9 Å². The van der Waals surface area contributed by atoms with Gasteiger partial charge in [0.25, 0.3) is 17.9 Å². The van der Waals surface area contributed by atoms with Gasteiger partial charge in [-0.3, -0.25) is 14.4 Å². The number of ether oxygens (including phenoxy) is 2. The number of carbonyl (C=O) groups excluding carboxylic acids is 3. The Balaban J connectivity index is 2.32. The summed E-state index contributed by atoms with van der Waals surface area (Å²) in [7, 11) is 0. The van der Waals surface area contributed by atoms with E-state index in [0.717, 1.165) is 0 Å². The van der Waals surface area contributed by atoms with Crippen LogP contribution in [-0.2, 0) is 14.4 Å². The summed E-state index contributed by atoms with van der Waals surface area (Å²) in [5.74, 6) is -0.993. The van der Waals surface area contributed by atoms with Gasteiger partial charge in [-0.2, -0.15) is 0 Å². The number of anilines is 1. The van der Waals surface area contributed by atoms with Crippen LogP contribution in [0.4, 0.5) is 5.69 Å². The Morgan fingerprint density at radius 3 is 3.00 bits per heavy atom. The van der Waals surface area contributed by atoms with Crippen LogP contribution in [-0.4, -0.2) is 30.8 Å². The van der Waals surface area contributed by atoms with Gasteiger partial charge >= 0.3 is 0 Å². The molecule has 1 unspecified atom stereocenters. The highest BCUT2D eigenvalue weighted by molar-refractivity contribution is 6.11. The number of carbonyl (C=O) groups is 3. The average molecular weight is 250 g/mol. The average Bonchev–Trinajstić information content (AvgIpc) is 2.35. The SMILES string of the molecule is NC(=O)C1Oc2cccc(OCC=O)c2NC1=O. The normalized spacial score (nSPS) is 17.1. The molecule has 0 aromatic heterocycles. The molecule has 7 heteroatoms. The molecule has 7 nitrogen and oxygen atoms in total. The lowest BCUT2D eigenvalue weighted by molar-refractivity contribution is -0.135. The van der Waals surface area contributed by atoms with Crippen LogP contribution >= 0.6 is 0 Å². The van der Waals surface area contributed by atoms with Gasteiger partial charge in [0.2, 0.25) is 0 Å². The molecule has 0 bridgehead atoms. The first kappa shape index (κ1) is 11.9. The topological polar surface area (TPSA) is 108 Å². The lowest BCUT2D eigenvalue weighted by atomic mass is 10.2. The summed E-state index contributed by atoms with van der Waals surface area (Å²) in [6, 6.07) is 4.73. The second-order valence-electron chi connectivity index (χ2n) is 3.50. The molecule has 0 aliphatic carbocycles. The molecule has 0 radical (unpaired) electrons. The fourth-order valence-corrected chi connectivity index (χ4v) is 1.53. The molecule has 0 spiro atoms. The number of primary amides is 1. The highest BCUT2D eigenvalue weighted by Crippen LogP contribution is 2.37. The van der Waals surface area contributed by atoms with Crippen LogP contribution in [0.25, 0.3) is 0 Å². The molecular formula is C11H10N2O5. The van der Waals surface area contributed by atoms with E-state index in [1.807, 2.05) is 0 Å². The monoisotopic (exact) mass is 250 g/mol. The summed E-state index contributed by atoms with van der Waals surface area (Å²) in [5, 5.41) is 2.46. The Morgan fingerprint density at radius 1 is 1.56 bits per heavy atom. The fourth-order valence-electron chi connectivity index (χ4n) is 1.53. The van der Waals surface area contributed by atoms with E-state index in [0.29, 0.717) is 6.29 Å². The zero-order valence-electron chi connectivity index (χ0n) is 9.21. The first-order valence-electron chi connectivity index (χ1n) is 5.09. The maximum Gasteiger partial charge on any atom is 0.275 e. The van der Waals surface area contributed by atoms with Crippen molar-refractivity contribution in [1.82, 2.24) is 0 Å². The molecule has 1 aromatic rings. The molecule has 0 fully saturated rings. The minimum absolute atomic E-state index is 0.147. The number of aldehydes is 1. The predicted molar refractivity (Wildman–Crippen MR) is 60.2 cm³/mol. The lowest BCUT2D eigenvalue weighted by Crippen LogP contribution is -2.46. The van der Waals surface area contributed by atoms with Crippen molar-refractivity contribution in [3.8, 4) is 11.5 Å². The fraction of sp³-hybridized carbons (Fsp3) is 0.182. The third-order valence-corrected chi connectivity index (χ3v) is 2.28. The zero-order chi connectivity index (χ0) is 13.1. The van der Waals surface area contributed by atoms with Crippen molar-refractivity contribution >= 4 is 23.8 Å². The zero-order valence-corrected chi connectivity index (χ0v) is 9.21. The molecule has 0 saturated heterocycles. The van der Waals surface area contributed by atoms with Crippen molar-refractivity contribution in [2.24, 2.45) is 5.73 Å². The molecule has 1 heterocycles. The van der Waals surface area contributed by atoms with Gasteiger partial charge in [0.05, 0.1) is 0 Å². The quantitative estimate of drug-likeness (QED) is 0.550. The van der Waals surface area contributed by atoms with E-state index in [-0.39, 0.29) is 23.8 Å². The Hall–Kier alpha value is -2.57. The first-order chi connectivity index (χ1) is 8.63. The molecule has 94 valence electrons. The molecule has 3 N–H and O–H groups in total. The molecule has 18 heavy (non-hydrogen) atoms. The van der Waals surface area contributed by atoms with Crippen molar-refractivity contribution in [2.75, 3.05) is 11.9 Å². The summed E-state index contributed by atoms with van der Waals surface area (Å²) in [6.07, 6.45) is -0.782. The summed E-state index contributed by atoms with van der Waals surface area (Å²) in [6.45, 7) is -0.147. The number of para-hydroxylation sites is 1. The Kier molecular flexibility index (Phi) is 3.13. The van der Waals surface area contributed by atoms with Gasteiger partial charge in [0.15, 0.2) is 6.29 Å². The molecule has 2 rings (SSSR count). The molecule has 1 atom stereocenters. The largest absolute Gasteiger partial charge is 0.484 e. The summed E-state index contributed by atoms with van der Waals surface area (Å²) >= 11 is 0. The second kappa shape index (κ2) is 4.74. The Morgan fingerprint density at radius 2 is 2.33 bits per heavy atom. The van der Waals surface area contributed by atoms with E-state index in [2.05, 4.69) is 5.32 Å². The third-order valence-electron chi connectivity index (χ3n) is 2.28. The van der Waals surface area contributed by atoms with Gasteiger partial charge in [0.1, 0.15) is 23.8 Å². The van der Waals surface area contributed by atoms with Crippen LogP contribution in [0.3, 0.4) is 0 Å². The highest BCUT2D eigenvalue weighted by Gasteiger charge is 2.33. The van der Waals surface area contributed by atoms with Crippen molar-refractivity contribution in [3.63, 3.8) is 0 Å². The van der Waals surface area contributed by atoms with Crippen LogP contribution in [0.1, 0.15) is 0 Å².